The molecule has 6 nitrogen and oxygen atoms in total. The van der Waals surface area contributed by atoms with Crippen molar-refractivity contribution < 1.29 is 19.2 Å². The Hall–Kier alpha value is -2.34. The van der Waals surface area contributed by atoms with Gasteiger partial charge < -0.3 is 19.9 Å². The van der Waals surface area contributed by atoms with Crippen molar-refractivity contribution in [3.05, 3.63) is 30.0 Å². The molecule has 1 aromatic carbocycles. The first-order chi connectivity index (χ1) is 12.6. The normalized spacial score (nSPS) is 20.1. The van der Waals surface area contributed by atoms with E-state index in [9.17, 15) is 9.59 Å². The minimum atomic E-state index is -0.449. The number of ether oxygens (including phenoxy) is 1. The van der Waals surface area contributed by atoms with Crippen molar-refractivity contribution in [1.29, 1.82) is 0 Å². The van der Waals surface area contributed by atoms with Gasteiger partial charge in [-0.15, -0.1) is 0 Å². The number of aromatic nitrogens is 1. The highest BCUT2D eigenvalue weighted by Gasteiger charge is 2.22. The van der Waals surface area contributed by atoms with Gasteiger partial charge in [0.25, 0.3) is 0 Å². The Morgan fingerprint density at radius 1 is 1.27 bits per heavy atom. The van der Waals surface area contributed by atoms with Crippen LogP contribution in [0.1, 0.15) is 43.6 Å². The third-order valence-corrected chi connectivity index (χ3v) is 5.14. The van der Waals surface area contributed by atoms with Crippen LogP contribution in [0.3, 0.4) is 0 Å². The molecule has 1 aromatic heterocycles. The van der Waals surface area contributed by atoms with Gasteiger partial charge in [-0.2, -0.15) is 0 Å². The Labute approximate surface area is 153 Å². The van der Waals surface area contributed by atoms with Crippen molar-refractivity contribution in [3.63, 3.8) is 0 Å². The van der Waals surface area contributed by atoms with Crippen LogP contribution in [0, 0.1) is 5.92 Å². The van der Waals surface area contributed by atoms with Gasteiger partial charge in [-0.1, -0.05) is 25.1 Å². The van der Waals surface area contributed by atoms with Gasteiger partial charge in [0.2, 0.25) is 5.91 Å². The van der Waals surface area contributed by atoms with Crippen LogP contribution in [0.5, 0.6) is 0 Å². The van der Waals surface area contributed by atoms with Crippen molar-refractivity contribution in [2.75, 3.05) is 31.6 Å². The number of amides is 1. The number of benzene rings is 1. The second-order valence-electron chi connectivity index (χ2n) is 7.12. The molecule has 1 amide bonds. The minimum absolute atomic E-state index is 0.0635. The van der Waals surface area contributed by atoms with Crippen molar-refractivity contribution in [3.8, 4) is 0 Å². The summed E-state index contributed by atoms with van der Waals surface area (Å²) in [5, 5.41) is 3.76. The average Bonchev–Trinajstić information content (AvgIpc) is 3.00. The summed E-state index contributed by atoms with van der Waals surface area (Å²) in [5.74, 6) is 0.284. The smallest absolute Gasteiger partial charge is 0.356 e. The van der Waals surface area contributed by atoms with E-state index in [0.717, 1.165) is 36.5 Å². The standard InChI is InChI=1S/C20H27N3O3/c1-3-26-20(25)19-18(15-6-4-5-7-16(15)21-19)22-17(24)10-13-23-11-8-14(2)9-12-23/h4-7,14,21H,3,8-13H2,1-2H3,(H,22,24)/p+1. The molecule has 0 saturated carbocycles. The van der Waals surface area contributed by atoms with Gasteiger partial charge in [0.1, 0.15) is 5.69 Å². The molecule has 1 aliphatic rings. The quantitative estimate of drug-likeness (QED) is 0.691. The Balaban J connectivity index is 1.69. The Kier molecular flexibility index (Phi) is 5.93. The Morgan fingerprint density at radius 2 is 2.00 bits per heavy atom. The van der Waals surface area contributed by atoms with Crippen LogP contribution < -0.4 is 10.2 Å². The summed E-state index contributed by atoms with van der Waals surface area (Å²) in [6.45, 7) is 7.44. The zero-order valence-electron chi connectivity index (χ0n) is 15.6. The maximum absolute atomic E-state index is 12.5. The first-order valence-electron chi connectivity index (χ1n) is 9.49. The highest BCUT2D eigenvalue weighted by molar-refractivity contribution is 6.10. The number of anilines is 1. The summed E-state index contributed by atoms with van der Waals surface area (Å²) in [4.78, 5) is 29.3. The first-order valence-corrected chi connectivity index (χ1v) is 9.49. The lowest BCUT2D eigenvalue weighted by atomic mass is 9.99. The highest BCUT2D eigenvalue weighted by Crippen LogP contribution is 2.28. The van der Waals surface area contributed by atoms with E-state index in [1.54, 1.807) is 6.92 Å². The Bertz CT molecular complexity index is 776. The zero-order chi connectivity index (χ0) is 18.5. The van der Waals surface area contributed by atoms with Crippen LogP contribution in [0.25, 0.3) is 10.9 Å². The van der Waals surface area contributed by atoms with Gasteiger partial charge >= 0.3 is 5.97 Å². The maximum atomic E-state index is 12.5. The summed E-state index contributed by atoms with van der Waals surface area (Å²) in [7, 11) is 0. The number of rotatable bonds is 6. The van der Waals surface area contributed by atoms with Crippen LogP contribution >= 0.6 is 0 Å². The van der Waals surface area contributed by atoms with Crippen LogP contribution in [0.15, 0.2) is 24.3 Å². The molecular weight excluding hydrogens is 330 g/mol. The topological polar surface area (TPSA) is 75.6 Å². The first kappa shape index (κ1) is 18.5. The number of H-pyrrole nitrogens is 1. The number of nitrogens with one attached hydrogen (secondary N) is 3. The number of likely N-dealkylation sites (tertiary alicyclic amines) is 1. The fraction of sp³-hybridized carbons (Fsp3) is 0.500. The molecule has 0 unspecified atom stereocenters. The molecule has 1 saturated heterocycles. The third-order valence-electron chi connectivity index (χ3n) is 5.14. The van der Waals surface area contributed by atoms with Gasteiger partial charge in [-0.05, 0) is 31.7 Å². The molecule has 2 heterocycles. The summed E-state index contributed by atoms with van der Waals surface area (Å²) >= 11 is 0. The number of para-hydroxylation sites is 1. The Morgan fingerprint density at radius 3 is 2.73 bits per heavy atom. The van der Waals surface area contributed by atoms with Crippen molar-refractivity contribution in [2.45, 2.75) is 33.1 Å². The van der Waals surface area contributed by atoms with E-state index >= 15 is 0 Å². The molecule has 6 heteroatoms. The lowest BCUT2D eigenvalue weighted by molar-refractivity contribution is -0.905. The monoisotopic (exact) mass is 358 g/mol. The van der Waals surface area contributed by atoms with Crippen LogP contribution in [0.4, 0.5) is 5.69 Å². The number of quaternary nitrogens is 1. The average molecular weight is 358 g/mol. The number of fused-ring (bicyclic) bond motifs is 1. The van der Waals surface area contributed by atoms with E-state index in [2.05, 4.69) is 17.2 Å². The molecule has 0 aliphatic carbocycles. The fourth-order valence-corrected chi connectivity index (χ4v) is 3.54. The van der Waals surface area contributed by atoms with Gasteiger partial charge in [0.15, 0.2) is 0 Å². The van der Waals surface area contributed by atoms with E-state index < -0.39 is 5.97 Å². The van der Waals surface area contributed by atoms with E-state index in [1.165, 1.54) is 17.7 Å². The van der Waals surface area contributed by atoms with Crippen molar-refractivity contribution in [1.82, 2.24) is 4.98 Å². The molecule has 140 valence electrons. The summed E-state index contributed by atoms with van der Waals surface area (Å²) in [5.41, 5.74) is 1.63. The van der Waals surface area contributed by atoms with E-state index in [-0.39, 0.29) is 5.91 Å². The van der Waals surface area contributed by atoms with Gasteiger partial charge in [0, 0.05) is 10.9 Å². The molecule has 0 bridgehead atoms. The number of esters is 1. The summed E-state index contributed by atoms with van der Waals surface area (Å²) in [6, 6.07) is 7.55. The molecule has 0 radical (unpaired) electrons. The summed E-state index contributed by atoms with van der Waals surface area (Å²) in [6.07, 6.45) is 2.91. The van der Waals surface area contributed by atoms with E-state index in [1.807, 2.05) is 24.3 Å². The largest absolute Gasteiger partial charge is 0.461 e. The molecule has 0 spiro atoms. The molecule has 0 atom stereocenters. The third kappa shape index (κ3) is 4.25. The molecular formula is C20H28N3O3+. The predicted octanol–water partition coefficient (Wildman–Crippen LogP) is 1.99. The van der Waals surface area contributed by atoms with Crippen LogP contribution in [-0.2, 0) is 9.53 Å². The second-order valence-corrected chi connectivity index (χ2v) is 7.12. The van der Waals surface area contributed by atoms with Crippen LogP contribution in [-0.4, -0.2) is 43.1 Å². The van der Waals surface area contributed by atoms with Gasteiger partial charge in [0.05, 0.1) is 38.3 Å². The minimum Gasteiger partial charge on any atom is -0.461 e. The van der Waals surface area contributed by atoms with E-state index in [0.29, 0.717) is 24.4 Å². The number of piperidine rings is 1. The van der Waals surface area contributed by atoms with Gasteiger partial charge in [-0.3, -0.25) is 4.79 Å². The zero-order valence-corrected chi connectivity index (χ0v) is 15.6. The highest BCUT2D eigenvalue weighted by atomic mass is 16.5. The lowest BCUT2D eigenvalue weighted by Crippen LogP contribution is -3.13. The van der Waals surface area contributed by atoms with E-state index in [4.69, 9.17) is 4.74 Å². The molecule has 26 heavy (non-hydrogen) atoms. The number of aromatic amines is 1. The fourth-order valence-electron chi connectivity index (χ4n) is 3.54. The van der Waals surface area contributed by atoms with Crippen LogP contribution in [0.2, 0.25) is 0 Å². The predicted molar refractivity (Wildman–Crippen MR) is 101 cm³/mol. The van der Waals surface area contributed by atoms with Crippen molar-refractivity contribution in [2.24, 2.45) is 5.92 Å². The van der Waals surface area contributed by atoms with Crippen molar-refractivity contribution >= 4 is 28.5 Å². The molecule has 1 aliphatic heterocycles. The SMILES string of the molecule is CCOC(=O)c1[nH]c2ccccc2c1NC(=O)CC[NH+]1CCC(C)CC1. The molecule has 2 aromatic rings. The maximum Gasteiger partial charge on any atom is 0.356 e. The number of hydrogen-bond acceptors (Lipinski definition) is 3. The molecule has 3 N–H and O–H groups in total. The molecule has 1 fully saturated rings. The number of hydrogen-bond donors (Lipinski definition) is 3. The second kappa shape index (κ2) is 8.36. The number of carbonyl (C=O) groups is 2. The summed E-state index contributed by atoms with van der Waals surface area (Å²) < 4.78 is 5.12. The molecule has 3 rings (SSSR count). The van der Waals surface area contributed by atoms with Gasteiger partial charge in [-0.25, -0.2) is 4.79 Å². The number of carbonyl (C=O) groups excluding carboxylic acids is 2. The lowest BCUT2D eigenvalue weighted by Gasteiger charge is -2.27.